The molecule has 6 aromatic carbocycles. The summed E-state index contributed by atoms with van der Waals surface area (Å²) in [6.45, 7) is 2.13. The normalized spacial score (nSPS) is 10.7. The van der Waals surface area contributed by atoms with Crippen molar-refractivity contribution in [1.82, 2.24) is 0 Å². The highest BCUT2D eigenvalue weighted by Crippen LogP contribution is 2.38. The van der Waals surface area contributed by atoms with Crippen molar-refractivity contribution in [2.45, 2.75) is 6.92 Å². The number of hydrogen-bond acceptors (Lipinski definition) is 3. The third-order valence-corrected chi connectivity index (χ3v) is 7.29. The van der Waals surface area contributed by atoms with E-state index in [1.807, 2.05) is 0 Å². The molecule has 0 amide bonds. The van der Waals surface area contributed by atoms with Crippen LogP contribution in [-0.2, 0) is 0 Å². The van der Waals surface area contributed by atoms with E-state index in [9.17, 15) is 0 Å². The predicted octanol–water partition coefficient (Wildman–Crippen LogP) is 10.7. The molecule has 0 N–H and O–H groups in total. The zero-order chi connectivity index (χ0) is 28.0. The minimum Gasteiger partial charge on any atom is -0.345 e. The molecule has 200 valence electrons. The standard InChI is InChI=1S/C38H33N3/c1-30-13-12-20-38(29-30)41(35-18-10-5-11-19-35)37-27-23-32(24-28-37)39(2)31-21-25-36(26-22-31)40(33-14-6-3-7-15-33)34-16-8-4-9-17-34/h3-29H,1-2H3. The van der Waals surface area contributed by atoms with Crippen LogP contribution in [0.25, 0.3) is 0 Å². The molecule has 0 bridgehead atoms. The van der Waals surface area contributed by atoms with Gasteiger partial charge in [-0.25, -0.2) is 0 Å². The summed E-state index contributed by atoms with van der Waals surface area (Å²) in [4.78, 5) is 6.80. The van der Waals surface area contributed by atoms with Crippen molar-refractivity contribution in [3.63, 3.8) is 0 Å². The Hall–Kier alpha value is -5.28. The van der Waals surface area contributed by atoms with Crippen LogP contribution in [0, 0.1) is 6.92 Å². The van der Waals surface area contributed by atoms with Crippen LogP contribution in [0.4, 0.5) is 45.5 Å². The molecule has 0 saturated carbocycles. The summed E-state index contributed by atoms with van der Waals surface area (Å²) in [7, 11) is 2.12. The summed E-state index contributed by atoms with van der Waals surface area (Å²) in [5, 5.41) is 0. The number of hydrogen-bond donors (Lipinski definition) is 0. The van der Waals surface area contributed by atoms with Crippen molar-refractivity contribution < 1.29 is 0 Å². The molecule has 0 radical (unpaired) electrons. The van der Waals surface area contributed by atoms with E-state index in [1.54, 1.807) is 0 Å². The van der Waals surface area contributed by atoms with Crippen molar-refractivity contribution in [2.24, 2.45) is 0 Å². The Kier molecular flexibility index (Phi) is 7.51. The number of aryl methyl sites for hydroxylation is 1. The van der Waals surface area contributed by atoms with Gasteiger partial charge in [0.05, 0.1) is 0 Å². The fraction of sp³-hybridized carbons (Fsp3) is 0.0526. The van der Waals surface area contributed by atoms with Crippen LogP contribution >= 0.6 is 0 Å². The average Bonchev–Trinajstić information content (AvgIpc) is 3.03. The molecule has 0 aliphatic heterocycles. The zero-order valence-electron chi connectivity index (χ0n) is 23.4. The van der Waals surface area contributed by atoms with Gasteiger partial charge in [0.15, 0.2) is 0 Å². The van der Waals surface area contributed by atoms with Crippen molar-refractivity contribution in [3.8, 4) is 0 Å². The van der Waals surface area contributed by atoms with Gasteiger partial charge >= 0.3 is 0 Å². The van der Waals surface area contributed by atoms with Crippen LogP contribution in [0.1, 0.15) is 5.56 Å². The summed E-state index contributed by atoms with van der Waals surface area (Å²) < 4.78 is 0. The maximum Gasteiger partial charge on any atom is 0.0464 e. The highest BCUT2D eigenvalue weighted by atomic mass is 15.2. The van der Waals surface area contributed by atoms with E-state index in [-0.39, 0.29) is 0 Å². The monoisotopic (exact) mass is 531 g/mol. The molecule has 0 heterocycles. The molecular formula is C38H33N3. The first-order valence-electron chi connectivity index (χ1n) is 13.9. The lowest BCUT2D eigenvalue weighted by Crippen LogP contribution is -2.13. The number of nitrogens with zero attached hydrogens (tertiary/aromatic N) is 3. The first kappa shape index (κ1) is 26.0. The molecule has 41 heavy (non-hydrogen) atoms. The Morgan fingerprint density at radius 2 is 0.634 bits per heavy atom. The average molecular weight is 532 g/mol. The molecule has 3 nitrogen and oxygen atoms in total. The fourth-order valence-electron chi connectivity index (χ4n) is 5.19. The molecule has 0 atom stereocenters. The van der Waals surface area contributed by atoms with Crippen molar-refractivity contribution in [2.75, 3.05) is 21.7 Å². The van der Waals surface area contributed by atoms with Crippen molar-refractivity contribution in [1.29, 1.82) is 0 Å². The number of anilines is 8. The molecule has 0 fully saturated rings. The van der Waals surface area contributed by atoms with Gasteiger partial charge in [-0.3, -0.25) is 0 Å². The van der Waals surface area contributed by atoms with E-state index in [0.29, 0.717) is 0 Å². The van der Waals surface area contributed by atoms with Gasteiger partial charge in [-0.05, 0) is 110 Å². The van der Waals surface area contributed by atoms with E-state index in [1.165, 1.54) is 5.56 Å². The highest BCUT2D eigenvalue weighted by Gasteiger charge is 2.15. The minimum absolute atomic E-state index is 1.12. The van der Waals surface area contributed by atoms with Crippen LogP contribution in [0.5, 0.6) is 0 Å². The summed E-state index contributed by atoms with van der Waals surface area (Å²) >= 11 is 0. The van der Waals surface area contributed by atoms with Gasteiger partial charge in [0.25, 0.3) is 0 Å². The maximum absolute atomic E-state index is 2.30. The van der Waals surface area contributed by atoms with Crippen LogP contribution < -0.4 is 14.7 Å². The molecule has 6 rings (SSSR count). The lowest BCUT2D eigenvalue weighted by atomic mass is 10.1. The Balaban J connectivity index is 1.28. The van der Waals surface area contributed by atoms with Crippen molar-refractivity contribution >= 4 is 45.5 Å². The molecular weight excluding hydrogens is 498 g/mol. The van der Waals surface area contributed by atoms with E-state index < -0.39 is 0 Å². The van der Waals surface area contributed by atoms with Crippen LogP contribution in [0.3, 0.4) is 0 Å². The van der Waals surface area contributed by atoms with Gasteiger partial charge in [-0.2, -0.15) is 0 Å². The largest absolute Gasteiger partial charge is 0.345 e. The van der Waals surface area contributed by atoms with Crippen LogP contribution in [-0.4, -0.2) is 7.05 Å². The second-order valence-electron chi connectivity index (χ2n) is 10.1. The SMILES string of the molecule is Cc1cccc(N(c2ccccc2)c2ccc(N(C)c3ccc(N(c4ccccc4)c4ccccc4)cc3)cc2)c1. The van der Waals surface area contributed by atoms with E-state index in [4.69, 9.17) is 0 Å². The summed E-state index contributed by atoms with van der Waals surface area (Å²) in [6, 6.07) is 57.7. The molecule has 0 spiro atoms. The minimum atomic E-state index is 1.12. The molecule has 0 aliphatic rings. The molecule has 0 aliphatic carbocycles. The smallest absolute Gasteiger partial charge is 0.0464 e. The van der Waals surface area contributed by atoms with Crippen LogP contribution in [0.2, 0.25) is 0 Å². The van der Waals surface area contributed by atoms with Gasteiger partial charge < -0.3 is 14.7 Å². The second kappa shape index (κ2) is 11.8. The van der Waals surface area contributed by atoms with Gasteiger partial charge in [0, 0.05) is 52.5 Å². The maximum atomic E-state index is 2.30. The van der Waals surface area contributed by atoms with E-state index in [2.05, 4.69) is 192 Å². The molecule has 0 saturated heterocycles. The zero-order valence-corrected chi connectivity index (χ0v) is 23.4. The quantitative estimate of drug-likeness (QED) is 0.193. The van der Waals surface area contributed by atoms with Gasteiger partial charge in [-0.1, -0.05) is 66.7 Å². The fourth-order valence-corrected chi connectivity index (χ4v) is 5.19. The second-order valence-corrected chi connectivity index (χ2v) is 10.1. The molecule has 6 aromatic rings. The Morgan fingerprint density at radius 1 is 0.317 bits per heavy atom. The Morgan fingerprint density at radius 3 is 1.02 bits per heavy atom. The van der Waals surface area contributed by atoms with Gasteiger partial charge in [0.2, 0.25) is 0 Å². The number of benzene rings is 6. The molecule has 0 aromatic heterocycles. The lowest BCUT2D eigenvalue weighted by molar-refractivity contribution is 1.20. The number of para-hydroxylation sites is 3. The first-order valence-corrected chi connectivity index (χ1v) is 13.9. The Bertz CT molecular complexity index is 1640. The predicted molar refractivity (Wildman–Crippen MR) is 175 cm³/mol. The summed E-state index contributed by atoms with van der Waals surface area (Å²) in [5.41, 5.74) is 10.3. The van der Waals surface area contributed by atoms with Crippen molar-refractivity contribution in [3.05, 3.63) is 169 Å². The highest BCUT2D eigenvalue weighted by molar-refractivity contribution is 5.80. The van der Waals surface area contributed by atoms with E-state index >= 15 is 0 Å². The number of rotatable bonds is 8. The molecule has 3 heteroatoms. The Labute approximate surface area is 243 Å². The van der Waals surface area contributed by atoms with E-state index in [0.717, 1.165) is 45.5 Å². The molecule has 0 unspecified atom stereocenters. The summed E-state index contributed by atoms with van der Waals surface area (Å²) in [6.07, 6.45) is 0. The van der Waals surface area contributed by atoms with Gasteiger partial charge in [-0.15, -0.1) is 0 Å². The third kappa shape index (κ3) is 5.70. The lowest BCUT2D eigenvalue weighted by Gasteiger charge is -2.27. The van der Waals surface area contributed by atoms with Crippen LogP contribution in [0.15, 0.2) is 164 Å². The third-order valence-electron chi connectivity index (χ3n) is 7.29. The topological polar surface area (TPSA) is 9.72 Å². The summed E-state index contributed by atoms with van der Waals surface area (Å²) in [5.74, 6) is 0. The van der Waals surface area contributed by atoms with Gasteiger partial charge in [0.1, 0.15) is 0 Å². The first-order chi connectivity index (χ1) is 20.2.